The van der Waals surface area contributed by atoms with Crippen LogP contribution >= 0.6 is 0 Å². The molecule has 0 aliphatic rings. The number of hydrogen-bond acceptors (Lipinski definition) is 4. The second-order valence-electron chi connectivity index (χ2n) is 4.95. The predicted molar refractivity (Wildman–Crippen MR) is 75.2 cm³/mol. The number of halogens is 2. The van der Waals surface area contributed by atoms with Crippen molar-refractivity contribution in [3.8, 4) is 0 Å². The first-order chi connectivity index (χ1) is 10.1. The maximum Gasteiger partial charge on any atom is 0.138 e. The van der Waals surface area contributed by atoms with Crippen molar-refractivity contribution in [1.29, 1.82) is 0 Å². The number of rotatable bonds is 6. The van der Waals surface area contributed by atoms with E-state index < -0.39 is 17.7 Å². The number of nitrogens with two attached hydrogens (primary N) is 1. The Balaban J connectivity index is 2.28. The fourth-order valence-electron chi connectivity index (χ4n) is 2.23. The summed E-state index contributed by atoms with van der Waals surface area (Å²) < 4.78 is 29.1. The van der Waals surface area contributed by atoms with E-state index in [2.05, 4.69) is 15.5 Å². The van der Waals surface area contributed by atoms with Crippen LogP contribution in [0.15, 0.2) is 18.5 Å². The Morgan fingerprint density at radius 1 is 1.33 bits per heavy atom. The van der Waals surface area contributed by atoms with Crippen LogP contribution in [0, 0.1) is 18.6 Å². The van der Waals surface area contributed by atoms with E-state index in [1.54, 1.807) is 11.6 Å². The van der Waals surface area contributed by atoms with E-state index in [4.69, 9.17) is 5.84 Å². The molecule has 0 saturated heterocycles. The van der Waals surface area contributed by atoms with Gasteiger partial charge in [0.2, 0.25) is 0 Å². The van der Waals surface area contributed by atoms with Crippen LogP contribution in [-0.4, -0.2) is 14.8 Å². The molecule has 0 saturated carbocycles. The van der Waals surface area contributed by atoms with Crippen LogP contribution in [0.5, 0.6) is 0 Å². The summed E-state index contributed by atoms with van der Waals surface area (Å²) in [4.78, 5) is 4.18. The summed E-state index contributed by atoms with van der Waals surface area (Å²) in [5.41, 5.74) is 3.27. The van der Waals surface area contributed by atoms with Crippen molar-refractivity contribution in [2.24, 2.45) is 5.84 Å². The average molecular weight is 295 g/mol. The first kappa shape index (κ1) is 15.5. The zero-order valence-electron chi connectivity index (χ0n) is 12.1. The van der Waals surface area contributed by atoms with Crippen molar-refractivity contribution >= 4 is 0 Å². The van der Waals surface area contributed by atoms with Gasteiger partial charge in [-0.2, -0.15) is 5.10 Å². The second-order valence-corrected chi connectivity index (χ2v) is 4.95. The van der Waals surface area contributed by atoms with E-state index in [1.165, 1.54) is 12.4 Å². The molecule has 0 radical (unpaired) electrons. The number of aryl methyl sites for hydroxylation is 2. The molecule has 0 amide bonds. The van der Waals surface area contributed by atoms with Crippen LogP contribution in [-0.2, 0) is 13.0 Å². The molecule has 114 valence electrons. The second kappa shape index (κ2) is 6.73. The Hall–Kier alpha value is -1.86. The molecular weight excluding hydrogens is 276 g/mol. The van der Waals surface area contributed by atoms with Crippen LogP contribution in [0.25, 0.3) is 0 Å². The van der Waals surface area contributed by atoms with Crippen molar-refractivity contribution in [2.45, 2.75) is 39.3 Å². The van der Waals surface area contributed by atoms with Gasteiger partial charge in [0.05, 0.1) is 6.04 Å². The molecule has 1 unspecified atom stereocenters. The first-order valence-corrected chi connectivity index (χ1v) is 6.85. The molecule has 0 aliphatic carbocycles. The van der Waals surface area contributed by atoms with E-state index >= 15 is 0 Å². The summed E-state index contributed by atoms with van der Waals surface area (Å²) >= 11 is 0. The van der Waals surface area contributed by atoms with Gasteiger partial charge in [-0.25, -0.2) is 13.8 Å². The molecule has 3 N–H and O–H groups in total. The molecule has 1 atom stereocenters. The van der Waals surface area contributed by atoms with Gasteiger partial charge in [-0.05, 0) is 25.0 Å². The maximum absolute atomic E-state index is 14.0. The van der Waals surface area contributed by atoms with Crippen molar-refractivity contribution in [2.75, 3.05) is 0 Å². The summed E-state index contributed by atoms with van der Waals surface area (Å²) in [5.74, 6) is 5.05. The zero-order valence-corrected chi connectivity index (χ0v) is 12.1. The van der Waals surface area contributed by atoms with Gasteiger partial charge in [0.15, 0.2) is 0 Å². The van der Waals surface area contributed by atoms with Gasteiger partial charge in [0.25, 0.3) is 0 Å². The van der Waals surface area contributed by atoms with E-state index in [1.807, 2.05) is 6.92 Å². The van der Waals surface area contributed by atoms with Gasteiger partial charge < -0.3 is 0 Å². The van der Waals surface area contributed by atoms with E-state index in [0.29, 0.717) is 23.4 Å². The molecular formula is C14H19F2N5. The third-order valence-electron chi connectivity index (χ3n) is 3.37. The summed E-state index contributed by atoms with van der Waals surface area (Å²) in [6, 6.07) is 1.85. The Morgan fingerprint density at radius 3 is 2.76 bits per heavy atom. The Morgan fingerprint density at radius 2 is 2.10 bits per heavy atom. The highest BCUT2D eigenvalue weighted by molar-refractivity contribution is 5.28. The zero-order chi connectivity index (χ0) is 15.4. The predicted octanol–water partition coefficient (Wildman–Crippen LogP) is 2.02. The molecule has 1 aromatic carbocycles. The molecule has 2 rings (SSSR count). The van der Waals surface area contributed by atoms with E-state index in [9.17, 15) is 8.78 Å². The van der Waals surface area contributed by atoms with Gasteiger partial charge in [0.1, 0.15) is 23.8 Å². The lowest BCUT2D eigenvalue weighted by molar-refractivity contribution is 0.474. The van der Waals surface area contributed by atoms with Crippen molar-refractivity contribution in [3.63, 3.8) is 0 Å². The van der Waals surface area contributed by atoms with E-state index in [-0.39, 0.29) is 0 Å². The van der Waals surface area contributed by atoms with Crippen LogP contribution in [0.4, 0.5) is 8.78 Å². The van der Waals surface area contributed by atoms with Crippen molar-refractivity contribution in [1.82, 2.24) is 20.2 Å². The molecule has 0 fully saturated rings. The van der Waals surface area contributed by atoms with Gasteiger partial charge in [-0.15, -0.1) is 0 Å². The fourth-order valence-corrected chi connectivity index (χ4v) is 2.23. The monoisotopic (exact) mass is 295 g/mol. The van der Waals surface area contributed by atoms with Crippen LogP contribution in [0.1, 0.15) is 36.3 Å². The minimum Gasteiger partial charge on any atom is -0.271 e. The standard InChI is InChI=1S/C14H19F2N5/c1-3-4-21-14(18-8-19-21)7-13(20-17)10-5-9(2)11(15)6-12(10)16/h5-6,8,13,20H,3-4,7,17H2,1-2H3. The normalized spacial score (nSPS) is 12.6. The Bertz CT molecular complexity index is 611. The van der Waals surface area contributed by atoms with Gasteiger partial charge in [0, 0.05) is 24.6 Å². The molecule has 21 heavy (non-hydrogen) atoms. The Labute approximate surface area is 122 Å². The van der Waals surface area contributed by atoms with Gasteiger partial charge in [-0.1, -0.05) is 6.92 Å². The minimum absolute atomic E-state index is 0.322. The first-order valence-electron chi connectivity index (χ1n) is 6.85. The number of benzene rings is 1. The third kappa shape index (κ3) is 3.43. The van der Waals surface area contributed by atoms with Gasteiger partial charge in [-0.3, -0.25) is 16.0 Å². The molecule has 0 spiro atoms. The molecule has 0 bridgehead atoms. The lowest BCUT2D eigenvalue weighted by Crippen LogP contribution is -2.31. The SMILES string of the molecule is CCCn1ncnc1CC(NN)c1cc(C)c(F)cc1F. The average Bonchev–Trinajstić information content (AvgIpc) is 2.88. The summed E-state index contributed by atoms with van der Waals surface area (Å²) in [7, 11) is 0. The number of nitrogens with one attached hydrogen (secondary N) is 1. The van der Waals surface area contributed by atoms with Crippen molar-refractivity contribution in [3.05, 3.63) is 47.0 Å². The maximum atomic E-state index is 14.0. The van der Waals surface area contributed by atoms with Crippen molar-refractivity contribution < 1.29 is 8.78 Å². The third-order valence-corrected chi connectivity index (χ3v) is 3.37. The summed E-state index contributed by atoms with van der Waals surface area (Å²) in [6.45, 7) is 4.36. The molecule has 7 heteroatoms. The molecule has 5 nitrogen and oxygen atoms in total. The topological polar surface area (TPSA) is 68.8 Å². The fraction of sp³-hybridized carbons (Fsp3) is 0.429. The molecule has 1 aromatic heterocycles. The lowest BCUT2D eigenvalue weighted by atomic mass is 10.0. The lowest BCUT2D eigenvalue weighted by Gasteiger charge is -2.18. The highest BCUT2D eigenvalue weighted by Gasteiger charge is 2.19. The largest absolute Gasteiger partial charge is 0.271 e. The Kier molecular flexibility index (Phi) is 4.98. The van der Waals surface area contributed by atoms with Gasteiger partial charge >= 0.3 is 0 Å². The molecule has 2 aromatic rings. The quantitative estimate of drug-likeness (QED) is 0.632. The molecule has 0 aliphatic heterocycles. The number of aromatic nitrogens is 3. The minimum atomic E-state index is -0.623. The van der Waals surface area contributed by atoms with Crippen LogP contribution in [0.2, 0.25) is 0 Å². The molecule has 1 heterocycles. The van der Waals surface area contributed by atoms with E-state index in [0.717, 1.165) is 19.0 Å². The highest BCUT2D eigenvalue weighted by atomic mass is 19.1. The summed E-state index contributed by atoms with van der Waals surface area (Å²) in [5, 5.41) is 4.12. The van der Waals surface area contributed by atoms with Crippen LogP contribution < -0.4 is 11.3 Å². The van der Waals surface area contributed by atoms with Crippen LogP contribution in [0.3, 0.4) is 0 Å². The number of hydrogen-bond donors (Lipinski definition) is 2. The number of nitrogens with zero attached hydrogens (tertiary/aromatic N) is 3. The number of hydrazine groups is 1. The highest BCUT2D eigenvalue weighted by Crippen LogP contribution is 2.23. The summed E-state index contributed by atoms with van der Waals surface area (Å²) in [6.07, 6.45) is 2.75. The smallest absolute Gasteiger partial charge is 0.138 e.